The second-order valence-electron chi connectivity index (χ2n) is 6.17. The van der Waals surface area contributed by atoms with Gasteiger partial charge in [-0.2, -0.15) is 0 Å². The quantitative estimate of drug-likeness (QED) is 0.533. The van der Waals surface area contributed by atoms with Crippen molar-refractivity contribution in [3.63, 3.8) is 0 Å². The molecule has 0 aromatic heterocycles. The van der Waals surface area contributed by atoms with Crippen LogP contribution in [-0.2, 0) is 12.4 Å². The van der Waals surface area contributed by atoms with Gasteiger partial charge in [-0.15, -0.1) is 11.8 Å². The molecule has 0 bridgehead atoms. The molecule has 0 spiro atoms. The summed E-state index contributed by atoms with van der Waals surface area (Å²) in [6.07, 6.45) is 0. The monoisotopic (exact) mass is 393 g/mol. The van der Waals surface area contributed by atoms with Crippen LogP contribution in [-0.4, -0.2) is 24.2 Å². The zero-order chi connectivity index (χ0) is 19.6. The van der Waals surface area contributed by atoms with E-state index < -0.39 is 0 Å². The lowest BCUT2D eigenvalue weighted by Gasteiger charge is -2.11. The van der Waals surface area contributed by atoms with Crippen molar-refractivity contribution in [2.45, 2.75) is 17.3 Å². The lowest BCUT2D eigenvalue weighted by atomic mass is 10.2. The maximum absolute atomic E-state index is 11.9. The average molecular weight is 394 g/mol. The van der Waals surface area contributed by atoms with E-state index in [9.17, 15) is 4.79 Å². The van der Waals surface area contributed by atoms with Crippen LogP contribution in [0.25, 0.3) is 0 Å². The minimum absolute atomic E-state index is 0.0641. The van der Waals surface area contributed by atoms with Crippen LogP contribution in [0.4, 0.5) is 0 Å². The van der Waals surface area contributed by atoms with E-state index >= 15 is 0 Å². The zero-order valence-electron chi connectivity index (χ0n) is 15.5. The Hall–Kier alpha value is -2.76. The van der Waals surface area contributed by atoms with Crippen LogP contribution in [0.2, 0.25) is 0 Å². The number of carbonyl (C=O) groups excluding carboxylic acids is 1. The van der Waals surface area contributed by atoms with E-state index in [1.54, 1.807) is 23.9 Å². The Balaban J connectivity index is 1.58. The molecular weight excluding hydrogens is 370 g/mol. The maximum Gasteiger partial charge on any atom is 0.251 e. The summed E-state index contributed by atoms with van der Waals surface area (Å²) in [6.45, 7) is 0.737. The van der Waals surface area contributed by atoms with Gasteiger partial charge in [0.2, 0.25) is 0 Å². The molecule has 144 valence electrons. The number of hydrogen-bond acceptors (Lipinski definition) is 4. The van der Waals surface area contributed by atoms with E-state index in [2.05, 4.69) is 23.5 Å². The number of ether oxygens (including phenoxy) is 1. The van der Waals surface area contributed by atoms with Gasteiger partial charge in [0.05, 0.1) is 6.61 Å². The minimum atomic E-state index is -0.176. The average Bonchev–Trinajstić information content (AvgIpc) is 2.76. The number of para-hydroxylation sites is 1. The summed E-state index contributed by atoms with van der Waals surface area (Å²) in [5, 5.41) is 11.4. The van der Waals surface area contributed by atoms with Crippen molar-refractivity contribution in [3.05, 3.63) is 95.6 Å². The van der Waals surface area contributed by atoms with Crippen LogP contribution in [0.3, 0.4) is 0 Å². The second kappa shape index (κ2) is 10.5. The van der Waals surface area contributed by atoms with Gasteiger partial charge in [0.1, 0.15) is 12.4 Å². The molecular formula is C23H23NO3S. The van der Waals surface area contributed by atoms with Crippen LogP contribution in [0.15, 0.2) is 83.8 Å². The van der Waals surface area contributed by atoms with Crippen molar-refractivity contribution in [1.82, 2.24) is 5.32 Å². The van der Waals surface area contributed by atoms with Crippen LogP contribution in [0, 0.1) is 0 Å². The third kappa shape index (κ3) is 5.87. The second-order valence-corrected chi connectivity index (χ2v) is 7.22. The van der Waals surface area contributed by atoms with Crippen LogP contribution < -0.4 is 10.1 Å². The number of rotatable bonds is 9. The number of aliphatic hydroxyl groups excluding tert-OH is 1. The fourth-order valence-corrected chi connectivity index (χ4v) is 3.52. The van der Waals surface area contributed by atoms with Crippen molar-refractivity contribution in [2.24, 2.45) is 0 Å². The maximum atomic E-state index is 11.9. The first-order chi connectivity index (χ1) is 13.8. The fraction of sp³-hybridized carbons (Fsp3) is 0.174. The molecule has 0 heterocycles. The highest BCUT2D eigenvalue weighted by Crippen LogP contribution is 2.28. The number of amides is 1. The Morgan fingerprint density at radius 3 is 2.39 bits per heavy atom. The van der Waals surface area contributed by atoms with E-state index in [0.29, 0.717) is 12.2 Å². The van der Waals surface area contributed by atoms with Gasteiger partial charge in [-0.05, 0) is 35.9 Å². The molecule has 1 amide bonds. The third-order valence-corrected chi connectivity index (χ3v) is 5.18. The largest absolute Gasteiger partial charge is 0.489 e. The molecule has 0 aliphatic heterocycles. The molecule has 28 heavy (non-hydrogen) atoms. The van der Waals surface area contributed by atoms with Crippen LogP contribution in [0.1, 0.15) is 21.5 Å². The molecule has 5 heteroatoms. The van der Waals surface area contributed by atoms with E-state index in [1.165, 1.54) is 0 Å². The van der Waals surface area contributed by atoms with Gasteiger partial charge in [-0.25, -0.2) is 0 Å². The lowest BCUT2D eigenvalue weighted by Crippen LogP contribution is -2.26. The van der Waals surface area contributed by atoms with E-state index in [0.717, 1.165) is 27.5 Å². The molecule has 0 aliphatic rings. The van der Waals surface area contributed by atoms with Crippen LogP contribution in [0.5, 0.6) is 5.75 Å². The summed E-state index contributed by atoms with van der Waals surface area (Å²) >= 11 is 1.70. The number of aliphatic hydroxyl groups is 1. The van der Waals surface area contributed by atoms with E-state index in [1.807, 2.05) is 48.5 Å². The predicted octanol–water partition coefficient (Wildman–Crippen LogP) is 4.28. The lowest BCUT2D eigenvalue weighted by molar-refractivity contribution is 0.0944. The zero-order valence-corrected chi connectivity index (χ0v) is 16.3. The Morgan fingerprint density at radius 2 is 1.64 bits per heavy atom. The Bertz CT molecular complexity index is 882. The molecule has 3 aromatic rings. The molecule has 3 aromatic carbocycles. The van der Waals surface area contributed by atoms with Gasteiger partial charge in [-0.3, -0.25) is 4.79 Å². The van der Waals surface area contributed by atoms with Crippen LogP contribution >= 0.6 is 11.8 Å². The van der Waals surface area contributed by atoms with Gasteiger partial charge in [-0.1, -0.05) is 48.5 Å². The summed E-state index contributed by atoms with van der Waals surface area (Å²) in [7, 11) is 0. The van der Waals surface area contributed by atoms with Gasteiger partial charge >= 0.3 is 0 Å². The Morgan fingerprint density at radius 1 is 0.929 bits per heavy atom. The standard InChI is InChI=1S/C23H23NO3S/c25-15-14-24-23(26)19-10-12-21(13-11-19)28-17-20-8-4-5-9-22(20)27-16-18-6-2-1-3-7-18/h1-13,25H,14-17H2,(H,24,26). The fourth-order valence-electron chi connectivity index (χ4n) is 2.63. The number of carbonyl (C=O) groups is 1. The molecule has 0 aliphatic carbocycles. The molecule has 4 nitrogen and oxygen atoms in total. The minimum Gasteiger partial charge on any atom is -0.489 e. The Labute approximate surface area is 169 Å². The van der Waals surface area contributed by atoms with Gasteiger partial charge < -0.3 is 15.2 Å². The number of hydrogen-bond donors (Lipinski definition) is 2. The van der Waals surface area contributed by atoms with Gasteiger partial charge in [0, 0.05) is 28.3 Å². The summed E-state index contributed by atoms with van der Waals surface area (Å²) in [5.74, 6) is 1.49. The highest BCUT2D eigenvalue weighted by molar-refractivity contribution is 7.98. The molecule has 0 saturated heterocycles. The molecule has 0 atom stereocenters. The smallest absolute Gasteiger partial charge is 0.251 e. The summed E-state index contributed by atoms with van der Waals surface area (Å²) in [4.78, 5) is 13.0. The van der Waals surface area contributed by atoms with Crippen molar-refractivity contribution < 1.29 is 14.6 Å². The van der Waals surface area contributed by atoms with Gasteiger partial charge in [0.25, 0.3) is 5.91 Å². The molecule has 3 rings (SSSR count). The third-order valence-electron chi connectivity index (χ3n) is 4.12. The first-order valence-corrected chi connectivity index (χ1v) is 10.1. The number of benzene rings is 3. The number of thioether (sulfide) groups is 1. The van der Waals surface area contributed by atoms with Gasteiger partial charge in [0.15, 0.2) is 0 Å². The summed E-state index contributed by atoms with van der Waals surface area (Å²) in [6, 6.07) is 25.6. The first kappa shape index (κ1) is 20.0. The predicted molar refractivity (Wildman–Crippen MR) is 113 cm³/mol. The summed E-state index contributed by atoms with van der Waals surface area (Å²) in [5.41, 5.74) is 2.86. The highest BCUT2D eigenvalue weighted by Gasteiger charge is 2.07. The number of nitrogens with one attached hydrogen (secondary N) is 1. The van der Waals surface area contributed by atoms with E-state index in [-0.39, 0.29) is 19.1 Å². The Kier molecular flexibility index (Phi) is 7.53. The molecule has 0 saturated carbocycles. The molecule has 0 radical (unpaired) electrons. The van der Waals surface area contributed by atoms with E-state index in [4.69, 9.17) is 9.84 Å². The highest BCUT2D eigenvalue weighted by atomic mass is 32.2. The first-order valence-electron chi connectivity index (χ1n) is 9.13. The van der Waals surface area contributed by atoms with Crippen molar-refractivity contribution in [2.75, 3.05) is 13.2 Å². The van der Waals surface area contributed by atoms with Crippen molar-refractivity contribution in [1.29, 1.82) is 0 Å². The molecule has 0 unspecified atom stereocenters. The van der Waals surface area contributed by atoms with Crippen molar-refractivity contribution in [3.8, 4) is 5.75 Å². The normalized spacial score (nSPS) is 10.5. The topological polar surface area (TPSA) is 58.6 Å². The summed E-state index contributed by atoms with van der Waals surface area (Å²) < 4.78 is 6.01. The van der Waals surface area contributed by atoms with Crippen molar-refractivity contribution >= 4 is 17.7 Å². The molecule has 0 fully saturated rings. The SMILES string of the molecule is O=C(NCCO)c1ccc(SCc2ccccc2OCc2ccccc2)cc1. The molecule has 2 N–H and O–H groups in total.